The number of hydrogen-bond acceptors (Lipinski definition) is 4. The topological polar surface area (TPSA) is 66.4 Å². The zero-order valence-corrected chi connectivity index (χ0v) is 12.5. The van der Waals surface area contributed by atoms with Crippen molar-refractivity contribution in [2.75, 3.05) is 24.5 Å². The number of carbonyl (C=O) groups is 2. The number of amides is 2. The van der Waals surface area contributed by atoms with Crippen molar-refractivity contribution >= 4 is 17.5 Å². The van der Waals surface area contributed by atoms with E-state index in [4.69, 9.17) is 0 Å². The Kier molecular flexibility index (Phi) is 3.32. The Morgan fingerprint density at radius 3 is 2.68 bits per heavy atom. The van der Waals surface area contributed by atoms with Gasteiger partial charge in [-0.15, -0.1) is 0 Å². The van der Waals surface area contributed by atoms with Gasteiger partial charge in [0.05, 0.1) is 24.0 Å². The fourth-order valence-electron chi connectivity index (χ4n) is 3.64. The number of likely N-dealkylation sites (tertiary alicyclic amines) is 1. The van der Waals surface area contributed by atoms with Crippen molar-refractivity contribution in [1.82, 2.24) is 14.9 Å². The Hall–Kier alpha value is -1.98. The first-order valence-corrected chi connectivity index (χ1v) is 8.06. The summed E-state index contributed by atoms with van der Waals surface area (Å²) in [5.74, 6) is 1.21. The van der Waals surface area contributed by atoms with Gasteiger partial charge in [-0.2, -0.15) is 0 Å². The van der Waals surface area contributed by atoms with Gasteiger partial charge in [0.15, 0.2) is 0 Å². The highest BCUT2D eigenvalue weighted by Crippen LogP contribution is 2.37. The second-order valence-electron chi connectivity index (χ2n) is 6.69. The number of rotatable bonds is 3. The Labute approximate surface area is 129 Å². The smallest absolute Gasteiger partial charge is 0.232 e. The first-order chi connectivity index (χ1) is 10.7. The average Bonchev–Trinajstić information content (AvgIpc) is 3.23. The molecule has 0 aromatic carbocycles. The molecule has 4 rings (SSSR count). The van der Waals surface area contributed by atoms with Gasteiger partial charge in [0.1, 0.15) is 6.33 Å². The van der Waals surface area contributed by atoms with E-state index in [1.54, 1.807) is 17.3 Å². The van der Waals surface area contributed by atoms with Crippen LogP contribution in [0.3, 0.4) is 0 Å². The summed E-state index contributed by atoms with van der Waals surface area (Å²) in [5, 5.41) is 0. The molecule has 2 saturated heterocycles. The fraction of sp³-hybridized carbons (Fsp3) is 0.625. The van der Waals surface area contributed by atoms with Crippen LogP contribution in [0.15, 0.2) is 18.7 Å². The van der Waals surface area contributed by atoms with Gasteiger partial charge in [-0.25, -0.2) is 9.97 Å². The lowest BCUT2D eigenvalue weighted by atomic mass is 9.88. The SMILES string of the molecule is O=C(CC1CC1)N1C[C@H]2CCN(c3cncnc3)C(=O)[C@H]2C1. The Bertz CT molecular complexity index is 587. The molecule has 0 radical (unpaired) electrons. The standard InChI is InChI=1S/C16H20N4O2/c21-15(5-11-1-2-11)19-8-12-3-4-20(16(22)14(12)9-19)13-6-17-10-18-7-13/h6-7,10-12,14H,1-5,8-9H2/t12-,14+/m1/s1. The number of piperidine rings is 1. The lowest BCUT2D eigenvalue weighted by Gasteiger charge is -2.33. The van der Waals surface area contributed by atoms with Crippen LogP contribution in [-0.2, 0) is 9.59 Å². The van der Waals surface area contributed by atoms with E-state index in [0.29, 0.717) is 31.3 Å². The summed E-state index contributed by atoms with van der Waals surface area (Å²) in [5.41, 5.74) is 0.758. The summed E-state index contributed by atoms with van der Waals surface area (Å²) in [6, 6.07) is 0. The lowest BCUT2D eigenvalue weighted by Crippen LogP contribution is -2.45. The van der Waals surface area contributed by atoms with Gasteiger partial charge in [-0.3, -0.25) is 9.59 Å². The third kappa shape index (κ3) is 2.46. The number of fused-ring (bicyclic) bond motifs is 1. The minimum Gasteiger partial charge on any atom is -0.342 e. The number of anilines is 1. The van der Waals surface area contributed by atoms with Crippen molar-refractivity contribution in [3.8, 4) is 0 Å². The summed E-state index contributed by atoms with van der Waals surface area (Å²) in [6.07, 6.45) is 8.81. The van der Waals surface area contributed by atoms with Crippen LogP contribution in [0.25, 0.3) is 0 Å². The van der Waals surface area contributed by atoms with Crippen LogP contribution in [0.1, 0.15) is 25.7 Å². The molecule has 3 heterocycles. The Balaban J connectivity index is 1.46. The molecule has 3 aliphatic rings. The van der Waals surface area contributed by atoms with Crippen LogP contribution in [0, 0.1) is 17.8 Å². The van der Waals surface area contributed by atoms with Crippen LogP contribution >= 0.6 is 0 Å². The van der Waals surface area contributed by atoms with E-state index in [9.17, 15) is 9.59 Å². The molecule has 2 atom stereocenters. The minimum atomic E-state index is -0.0582. The largest absolute Gasteiger partial charge is 0.342 e. The van der Waals surface area contributed by atoms with Crippen molar-refractivity contribution in [2.24, 2.45) is 17.8 Å². The van der Waals surface area contributed by atoms with E-state index in [2.05, 4.69) is 9.97 Å². The number of carbonyl (C=O) groups excluding carboxylic acids is 2. The van der Waals surface area contributed by atoms with Crippen molar-refractivity contribution in [2.45, 2.75) is 25.7 Å². The zero-order chi connectivity index (χ0) is 15.1. The number of hydrogen-bond donors (Lipinski definition) is 0. The van der Waals surface area contributed by atoms with Gasteiger partial charge >= 0.3 is 0 Å². The summed E-state index contributed by atoms with van der Waals surface area (Å²) < 4.78 is 0. The lowest BCUT2D eigenvalue weighted by molar-refractivity contribution is -0.130. The molecule has 1 aromatic heterocycles. The van der Waals surface area contributed by atoms with Crippen molar-refractivity contribution < 1.29 is 9.59 Å². The van der Waals surface area contributed by atoms with E-state index in [1.165, 1.54) is 19.2 Å². The van der Waals surface area contributed by atoms with Crippen LogP contribution < -0.4 is 4.90 Å². The summed E-state index contributed by atoms with van der Waals surface area (Å²) >= 11 is 0. The van der Waals surface area contributed by atoms with Crippen molar-refractivity contribution in [3.05, 3.63) is 18.7 Å². The zero-order valence-electron chi connectivity index (χ0n) is 12.5. The predicted octanol–water partition coefficient (Wildman–Crippen LogP) is 1.09. The minimum absolute atomic E-state index is 0.0582. The molecule has 3 fully saturated rings. The van der Waals surface area contributed by atoms with Gasteiger partial charge in [-0.1, -0.05) is 0 Å². The summed E-state index contributed by atoms with van der Waals surface area (Å²) in [7, 11) is 0. The molecule has 1 saturated carbocycles. The van der Waals surface area contributed by atoms with E-state index in [1.807, 2.05) is 4.90 Å². The molecule has 116 valence electrons. The molecule has 2 amide bonds. The Morgan fingerprint density at radius 1 is 1.18 bits per heavy atom. The van der Waals surface area contributed by atoms with Gasteiger partial charge in [0, 0.05) is 26.1 Å². The third-order valence-corrected chi connectivity index (χ3v) is 5.12. The van der Waals surface area contributed by atoms with Crippen molar-refractivity contribution in [1.29, 1.82) is 0 Å². The highest BCUT2D eigenvalue weighted by molar-refractivity contribution is 5.96. The Morgan fingerprint density at radius 2 is 1.95 bits per heavy atom. The first kappa shape index (κ1) is 13.7. The van der Waals surface area contributed by atoms with Crippen LogP contribution in [0.5, 0.6) is 0 Å². The summed E-state index contributed by atoms with van der Waals surface area (Å²) in [6.45, 7) is 2.03. The highest BCUT2D eigenvalue weighted by Gasteiger charge is 2.45. The number of aromatic nitrogens is 2. The van der Waals surface area contributed by atoms with Gasteiger partial charge in [-0.05, 0) is 31.1 Å². The molecule has 6 nitrogen and oxygen atoms in total. The molecule has 0 bridgehead atoms. The molecule has 1 aliphatic carbocycles. The van der Waals surface area contributed by atoms with Crippen LogP contribution in [0.4, 0.5) is 5.69 Å². The average molecular weight is 300 g/mol. The molecule has 0 N–H and O–H groups in total. The molecule has 1 aromatic rings. The van der Waals surface area contributed by atoms with Crippen molar-refractivity contribution in [3.63, 3.8) is 0 Å². The maximum absolute atomic E-state index is 12.7. The highest BCUT2D eigenvalue weighted by atomic mass is 16.2. The van der Waals surface area contributed by atoms with E-state index in [-0.39, 0.29) is 17.7 Å². The molecular weight excluding hydrogens is 280 g/mol. The van der Waals surface area contributed by atoms with E-state index in [0.717, 1.165) is 18.7 Å². The molecule has 0 spiro atoms. The predicted molar refractivity (Wildman–Crippen MR) is 79.9 cm³/mol. The normalized spacial score (nSPS) is 27.9. The quantitative estimate of drug-likeness (QED) is 0.838. The van der Waals surface area contributed by atoms with Gasteiger partial charge < -0.3 is 9.80 Å². The van der Waals surface area contributed by atoms with Gasteiger partial charge in [0.25, 0.3) is 0 Å². The maximum atomic E-state index is 12.7. The second-order valence-corrected chi connectivity index (χ2v) is 6.69. The molecule has 0 unspecified atom stereocenters. The number of nitrogens with zero attached hydrogens (tertiary/aromatic N) is 4. The molecule has 2 aliphatic heterocycles. The molecule has 22 heavy (non-hydrogen) atoms. The molecular formula is C16H20N4O2. The second kappa shape index (κ2) is 5.34. The fourth-order valence-corrected chi connectivity index (χ4v) is 3.64. The summed E-state index contributed by atoms with van der Waals surface area (Å²) in [4.78, 5) is 36.7. The van der Waals surface area contributed by atoms with E-state index >= 15 is 0 Å². The third-order valence-electron chi connectivity index (χ3n) is 5.12. The van der Waals surface area contributed by atoms with Crippen LogP contribution in [0.2, 0.25) is 0 Å². The van der Waals surface area contributed by atoms with E-state index < -0.39 is 0 Å². The first-order valence-electron chi connectivity index (χ1n) is 8.06. The van der Waals surface area contributed by atoms with Crippen LogP contribution in [-0.4, -0.2) is 46.3 Å². The maximum Gasteiger partial charge on any atom is 0.232 e. The monoisotopic (exact) mass is 300 g/mol. The van der Waals surface area contributed by atoms with Gasteiger partial charge in [0.2, 0.25) is 11.8 Å². The molecule has 6 heteroatoms.